The fourth-order valence-corrected chi connectivity index (χ4v) is 3.22. The molecular formula is C22H18O4S. The van der Waals surface area contributed by atoms with Crippen LogP contribution < -0.4 is 9.47 Å². The van der Waals surface area contributed by atoms with Gasteiger partial charge in [-0.3, -0.25) is 9.59 Å². The molecule has 0 unspecified atom stereocenters. The molecule has 0 aromatic heterocycles. The van der Waals surface area contributed by atoms with Gasteiger partial charge >= 0.3 is 11.9 Å². The zero-order valence-electron chi connectivity index (χ0n) is 14.9. The van der Waals surface area contributed by atoms with Crippen molar-refractivity contribution in [3.63, 3.8) is 0 Å². The van der Waals surface area contributed by atoms with Crippen LogP contribution in [0.1, 0.15) is 13.8 Å². The normalized spacial score (nSPS) is 10.3. The summed E-state index contributed by atoms with van der Waals surface area (Å²) < 4.78 is 10.8. The second kappa shape index (κ2) is 8.10. The first kappa shape index (κ1) is 18.7. The highest BCUT2D eigenvalue weighted by Crippen LogP contribution is 2.43. The number of rotatable bonds is 4. The van der Waals surface area contributed by atoms with Gasteiger partial charge in [-0.05, 0) is 23.8 Å². The van der Waals surface area contributed by atoms with Gasteiger partial charge in [0.15, 0.2) is 0 Å². The van der Waals surface area contributed by atoms with E-state index in [-0.39, 0.29) is 0 Å². The van der Waals surface area contributed by atoms with Crippen molar-refractivity contribution in [1.29, 1.82) is 0 Å². The van der Waals surface area contributed by atoms with E-state index in [1.807, 2.05) is 42.5 Å². The molecule has 0 N–H and O–H groups in total. The molecule has 136 valence electrons. The Labute approximate surface area is 163 Å². The first-order valence-corrected chi connectivity index (χ1v) is 8.79. The lowest BCUT2D eigenvalue weighted by atomic mass is 9.93. The zero-order chi connectivity index (χ0) is 19.4. The fourth-order valence-electron chi connectivity index (χ4n) is 2.90. The first-order valence-electron chi connectivity index (χ1n) is 8.35. The maximum Gasteiger partial charge on any atom is 0.308 e. The Bertz CT molecular complexity index is 1010. The summed E-state index contributed by atoms with van der Waals surface area (Å²) in [6.07, 6.45) is 0. The third-order valence-electron chi connectivity index (χ3n) is 3.88. The highest BCUT2D eigenvalue weighted by Gasteiger charge is 2.18. The minimum Gasteiger partial charge on any atom is -0.426 e. The predicted octanol–water partition coefficient (Wildman–Crippen LogP) is 5.16. The molecule has 0 aliphatic rings. The maximum atomic E-state index is 11.5. The van der Waals surface area contributed by atoms with Gasteiger partial charge in [0.25, 0.3) is 0 Å². The molecule has 0 atom stereocenters. The Morgan fingerprint density at radius 3 is 1.74 bits per heavy atom. The van der Waals surface area contributed by atoms with Crippen LogP contribution in [-0.2, 0) is 9.59 Å². The number of carbonyl (C=O) groups is 2. The summed E-state index contributed by atoms with van der Waals surface area (Å²) in [4.78, 5) is 23.7. The molecule has 0 heterocycles. The van der Waals surface area contributed by atoms with Crippen molar-refractivity contribution in [2.45, 2.75) is 18.7 Å². The van der Waals surface area contributed by atoms with Crippen molar-refractivity contribution in [3.8, 4) is 33.8 Å². The topological polar surface area (TPSA) is 52.6 Å². The molecule has 0 saturated heterocycles. The van der Waals surface area contributed by atoms with E-state index in [9.17, 15) is 9.59 Å². The molecule has 0 aliphatic heterocycles. The number of hydrogen-bond donors (Lipinski definition) is 1. The van der Waals surface area contributed by atoms with E-state index in [0.717, 1.165) is 22.3 Å². The molecule has 0 spiro atoms. The minimum atomic E-state index is -0.402. The molecule has 5 heteroatoms. The first-order chi connectivity index (χ1) is 13.0. The van der Waals surface area contributed by atoms with E-state index >= 15 is 0 Å². The summed E-state index contributed by atoms with van der Waals surface area (Å²) in [5.41, 5.74) is 3.08. The van der Waals surface area contributed by atoms with Gasteiger partial charge in [0.1, 0.15) is 11.5 Å². The molecule has 4 nitrogen and oxygen atoms in total. The monoisotopic (exact) mass is 378 g/mol. The second-order valence-electron chi connectivity index (χ2n) is 5.88. The van der Waals surface area contributed by atoms with Gasteiger partial charge in [0.2, 0.25) is 0 Å². The van der Waals surface area contributed by atoms with E-state index < -0.39 is 11.9 Å². The molecule has 3 aromatic rings. The molecule has 3 rings (SSSR count). The molecular weight excluding hydrogens is 360 g/mol. The second-order valence-corrected chi connectivity index (χ2v) is 6.36. The summed E-state index contributed by atoms with van der Waals surface area (Å²) >= 11 is 4.62. The number of thiol groups is 1. The average molecular weight is 378 g/mol. The summed E-state index contributed by atoms with van der Waals surface area (Å²) in [6.45, 7) is 2.73. The molecule has 0 bridgehead atoms. The van der Waals surface area contributed by atoms with Gasteiger partial charge in [-0.1, -0.05) is 48.5 Å². The Morgan fingerprint density at radius 2 is 1.15 bits per heavy atom. The average Bonchev–Trinajstić information content (AvgIpc) is 2.62. The number of carbonyl (C=O) groups excluding carboxylic acids is 2. The van der Waals surface area contributed by atoms with Crippen LogP contribution in [0.15, 0.2) is 71.6 Å². The van der Waals surface area contributed by atoms with Gasteiger partial charge in [0, 0.05) is 35.4 Å². The lowest BCUT2D eigenvalue weighted by molar-refractivity contribution is -0.132. The highest BCUT2D eigenvalue weighted by molar-refractivity contribution is 7.80. The number of esters is 2. The van der Waals surface area contributed by atoms with Crippen LogP contribution in [0.25, 0.3) is 22.3 Å². The van der Waals surface area contributed by atoms with E-state index in [1.54, 1.807) is 24.3 Å². The zero-order valence-corrected chi connectivity index (χ0v) is 15.8. The third-order valence-corrected chi connectivity index (χ3v) is 4.26. The molecule has 0 saturated carbocycles. The predicted molar refractivity (Wildman–Crippen MR) is 107 cm³/mol. The van der Waals surface area contributed by atoms with Crippen LogP contribution >= 0.6 is 12.6 Å². The number of hydrogen-bond acceptors (Lipinski definition) is 5. The third kappa shape index (κ3) is 4.20. The van der Waals surface area contributed by atoms with Crippen LogP contribution in [0.4, 0.5) is 0 Å². The smallest absolute Gasteiger partial charge is 0.308 e. The van der Waals surface area contributed by atoms with Crippen molar-refractivity contribution in [3.05, 3.63) is 66.7 Å². The van der Waals surface area contributed by atoms with Crippen LogP contribution in [0, 0.1) is 0 Å². The van der Waals surface area contributed by atoms with Crippen molar-refractivity contribution in [2.24, 2.45) is 0 Å². The maximum absolute atomic E-state index is 11.5. The summed E-state index contributed by atoms with van der Waals surface area (Å²) in [5, 5.41) is 0. The lowest BCUT2D eigenvalue weighted by Crippen LogP contribution is -2.04. The van der Waals surface area contributed by atoms with Gasteiger partial charge in [-0.25, -0.2) is 0 Å². The molecule has 27 heavy (non-hydrogen) atoms. The van der Waals surface area contributed by atoms with Crippen molar-refractivity contribution < 1.29 is 19.1 Å². The largest absolute Gasteiger partial charge is 0.426 e. The minimum absolute atomic E-state index is 0.397. The summed E-state index contributed by atoms with van der Waals surface area (Å²) in [5.74, 6) is 0.0974. The Morgan fingerprint density at radius 1 is 0.667 bits per heavy atom. The quantitative estimate of drug-likeness (QED) is 0.387. The van der Waals surface area contributed by atoms with Gasteiger partial charge in [0.05, 0.1) is 0 Å². The molecule has 0 radical (unpaired) electrons. The van der Waals surface area contributed by atoms with Crippen molar-refractivity contribution >= 4 is 24.6 Å². The van der Waals surface area contributed by atoms with Crippen LogP contribution in [0.3, 0.4) is 0 Å². The number of ether oxygens (including phenoxy) is 2. The van der Waals surface area contributed by atoms with E-state index in [0.29, 0.717) is 16.4 Å². The van der Waals surface area contributed by atoms with Crippen LogP contribution in [0.5, 0.6) is 11.5 Å². The van der Waals surface area contributed by atoms with E-state index in [2.05, 4.69) is 12.6 Å². The van der Waals surface area contributed by atoms with E-state index in [1.165, 1.54) is 13.8 Å². The summed E-state index contributed by atoms with van der Waals surface area (Å²) in [6, 6.07) is 20.2. The van der Waals surface area contributed by atoms with Gasteiger partial charge in [-0.15, -0.1) is 12.6 Å². The number of para-hydroxylation sites is 2. The fraction of sp³-hybridized carbons (Fsp3) is 0.0909. The Kier molecular flexibility index (Phi) is 5.62. The lowest BCUT2D eigenvalue weighted by Gasteiger charge is -2.17. The van der Waals surface area contributed by atoms with Gasteiger partial charge < -0.3 is 9.47 Å². The molecule has 0 aliphatic carbocycles. The summed E-state index contributed by atoms with van der Waals surface area (Å²) in [7, 11) is 0. The number of benzene rings is 3. The molecule has 0 amide bonds. The highest BCUT2D eigenvalue weighted by atomic mass is 32.1. The van der Waals surface area contributed by atoms with Crippen molar-refractivity contribution in [1.82, 2.24) is 0 Å². The van der Waals surface area contributed by atoms with E-state index in [4.69, 9.17) is 9.47 Å². The SMILES string of the molecule is CC(=O)Oc1ccccc1-c1cccc(S)c1-c1ccccc1OC(C)=O. The Balaban J connectivity index is 2.25. The van der Waals surface area contributed by atoms with Crippen LogP contribution in [-0.4, -0.2) is 11.9 Å². The molecule has 3 aromatic carbocycles. The molecule has 0 fully saturated rings. The van der Waals surface area contributed by atoms with Gasteiger partial charge in [-0.2, -0.15) is 0 Å². The Hall–Kier alpha value is -3.05. The van der Waals surface area contributed by atoms with Crippen molar-refractivity contribution in [2.75, 3.05) is 0 Å². The van der Waals surface area contributed by atoms with Crippen LogP contribution in [0.2, 0.25) is 0 Å². The standard InChI is InChI=1S/C22H18O4S/c1-14(23)25-19-11-5-3-8-16(19)17-10-7-13-21(27)22(17)18-9-4-6-12-20(18)26-15(2)24/h3-13,27H,1-2H3.